The minimum Gasteiger partial charge on any atom is -0.463 e. The van der Waals surface area contributed by atoms with Crippen LogP contribution < -0.4 is 0 Å². The molecule has 3 aliphatic rings. The van der Waals surface area contributed by atoms with Crippen LogP contribution in [0, 0.1) is 46.3 Å². The summed E-state index contributed by atoms with van der Waals surface area (Å²) in [6.07, 6.45) is 27.0. The molecular weight excluding hydrogens is 498 g/mol. The van der Waals surface area contributed by atoms with Crippen molar-refractivity contribution in [1.29, 1.82) is 5.26 Å². The molecule has 0 aliphatic heterocycles. The zero-order valence-corrected chi connectivity index (χ0v) is 25.1. The monoisotopic (exact) mass is 553 g/mol. The van der Waals surface area contributed by atoms with Crippen molar-refractivity contribution in [1.82, 2.24) is 0 Å². The lowest BCUT2D eigenvalue weighted by molar-refractivity contribution is -0.138. The van der Waals surface area contributed by atoms with Crippen LogP contribution in [-0.4, -0.2) is 25.2 Å². The smallest absolute Gasteiger partial charge is 0.330 e. The van der Waals surface area contributed by atoms with Crippen molar-refractivity contribution < 1.29 is 19.1 Å². The Hall–Kier alpha value is -2.09. The van der Waals surface area contributed by atoms with Gasteiger partial charge >= 0.3 is 11.9 Å². The van der Waals surface area contributed by atoms with Gasteiger partial charge in [0.05, 0.1) is 24.7 Å². The normalized spacial score (nSPS) is 30.5. The highest BCUT2D eigenvalue weighted by atomic mass is 16.5. The van der Waals surface area contributed by atoms with Crippen LogP contribution in [0.15, 0.2) is 25.3 Å². The number of carbonyl (C=O) groups is 2. The maximum absolute atomic E-state index is 11.1. The second kappa shape index (κ2) is 17.7. The van der Waals surface area contributed by atoms with Gasteiger partial charge in [-0.05, 0) is 93.8 Å². The maximum Gasteiger partial charge on any atom is 0.330 e. The Morgan fingerprint density at radius 3 is 1.57 bits per heavy atom. The first-order valence-electron chi connectivity index (χ1n) is 16.5. The summed E-state index contributed by atoms with van der Waals surface area (Å²) in [5.41, 5.74) is -0.0618. The first-order valence-corrected chi connectivity index (χ1v) is 16.5. The van der Waals surface area contributed by atoms with Gasteiger partial charge in [0.15, 0.2) is 0 Å². The van der Waals surface area contributed by atoms with Crippen LogP contribution in [0.5, 0.6) is 0 Å². The molecule has 0 saturated heterocycles. The number of hydrogen-bond acceptors (Lipinski definition) is 5. The number of ether oxygens (including phenoxy) is 2. The van der Waals surface area contributed by atoms with E-state index in [2.05, 4.69) is 19.2 Å². The molecule has 5 heteroatoms. The maximum atomic E-state index is 11.1. The van der Waals surface area contributed by atoms with E-state index in [0.717, 1.165) is 62.2 Å². The summed E-state index contributed by atoms with van der Waals surface area (Å²) in [5, 5.41) is 10.3. The fourth-order valence-corrected chi connectivity index (χ4v) is 8.08. The molecule has 0 heterocycles. The molecule has 0 aromatic rings. The molecule has 0 atom stereocenters. The van der Waals surface area contributed by atoms with Crippen molar-refractivity contribution in [2.45, 2.75) is 128 Å². The zero-order chi connectivity index (χ0) is 28.6. The molecule has 3 rings (SSSR count). The Balaban J connectivity index is 1.27. The van der Waals surface area contributed by atoms with Gasteiger partial charge in [-0.3, -0.25) is 0 Å². The Morgan fingerprint density at radius 2 is 1.12 bits per heavy atom. The standard InChI is InChI=1S/C35H55NO4/c1-3-33(37)39-25-9-5-7-11-28-13-17-30(18-14-28)31-21-23-35(27-36,24-22-31)32-19-15-29(16-20-32)12-8-6-10-26-40-34(38)4-2/h3-4,28-32H,1-2,5-26H2. The van der Waals surface area contributed by atoms with Crippen LogP contribution in [0.4, 0.5) is 0 Å². The van der Waals surface area contributed by atoms with Crippen molar-refractivity contribution in [2.75, 3.05) is 13.2 Å². The van der Waals surface area contributed by atoms with Gasteiger partial charge in [-0.15, -0.1) is 0 Å². The molecule has 0 aromatic carbocycles. The fourth-order valence-electron chi connectivity index (χ4n) is 8.08. The molecule has 0 amide bonds. The molecular formula is C35H55NO4. The van der Waals surface area contributed by atoms with Crippen molar-refractivity contribution in [3.63, 3.8) is 0 Å². The van der Waals surface area contributed by atoms with E-state index in [4.69, 9.17) is 9.47 Å². The number of unbranched alkanes of at least 4 members (excludes halogenated alkanes) is 4. The van der Waals surface area contributed by atoms with Crippen LogP contribution in [-0.2, 0) is 19.1 Å². The van der Waals surface area contributed by atoms with Crippen LogP contribution in [0.2, 0.25) is 0 Å². The topological polar surface area (TPSA) is 76.4 Å². The third-order valence-corrected chi connectivity index (χ3v) is 10.7. The molecule has 5 nitrogen and oxygen atoms in total. The van der Waals surface area contributed by atoms with E-state index in [-0.39, 0.29) is 17.4 Å². The first kappa shape index (κ1) is 32.4. The first-order chi connectivity index (χ1) is 19.5. The highest BCUT2D eigenvalue weighted by molar-refractivity contribution is 5.81. The molecule has 3 aliphatic carbocycles. The quantitative estimate of drug-likeness (QED) is 0.108. The molecule has 0 N–H and O–H groups in total. The van der Waals surface area contributed by atoms with E-state index >= 15 is 0 Å². The van der Waals surface area contributed by atoms with Gasteiger partial charge in [0.25, 0.3) is 0 Å². The van der Waals surface area contributed by atoms with Gasteiger partial charge < -0.3 is 9.47 Å². The molecule has 3 saturated carbocycles. The van der Waals surface area contributed by atoms with Crippen LogP contribution in [0.25, 0.3) is 0 Å². The lowest BCUT2D eigenvalue weighted by atomic mass is 9.57. The van der Waals surface area contributed by atoms with Crippen molar-refractivity contribution in [3.8, 4) is 6.07 Å². The summed E-state index contributed by atoms with van der Waals surface area (Å²) >= 11 is 0. The largest absolute Gasteiger partial charge is 0.463 e. The number of hydrogen-bond donors (Lipinski definition) is 0. The number of carbonyl (C=O) groups excluding carboxylic acids is 2. The Bertz CT molecular complexity index is 821. The molecule has 0 spiro atoms. The summed E-state index contributed by atoms with van der Waals surface area (Å²) < 4.78 is 10.1. The number of esters is 2. The third kappa shape index (κ3) is 10.4. The van der Waals surface area contributed by atoms with Gasteiger partial charge in [0.1, 0.15) is 0 Å². The van der Waals surface area contributed by atoms with Gasteiger partial charge in [-0.1, -0.05) is 77.4 Å². The zero-order valence-electron chi connectivity index (χ0n) is 25.1. The van der Waals surface area contributed by atoms with Crippen molar-refractivity contribution in [2.24, 2.45) is 35.0 Å². The average Bonchev–Trinajstić information content (AvgIpc) is 3.01. The number of nitriles is 1. The summed E-state index contributed by atoms with van der Waals surface area (Å²) in [6, 6.07) is 2.88. The molecule has 3 fully saturated rings. The predicted octanol–water partition coefficient (Wildman–Crippen LogP) is 8.88. The van der Waals surface area contributed by atoms with E-state index in [9.17, 15) is 14.9 Å². The molecule has 0 bridgehead atoms. The lowest BCUT2D eigenvalue weighted by Gasteiger charge is -2.46. The van der Waals surface area contributed by atoms with Gasteiger partial charge in [0.2, 0.25) is 0 Å². The van der Waals surface area contributed by atoms with Crippen molar-refractivity contribution >= 4 is 11.9 Å². The van der Waals surface area contributed by atoms with Crippen LogP contribution >= 0.6 is 0 Å². The minimum atomic E-state index is -0.323. The SMILES string of the molecule is C=CC(=O)OCCCCCC1CCC(C2CCC(C#N)(C3CCC(CCCCCOC(=O)C=C)CC3)CC2)CC1. The van der Waals surface area contributed by atoms with E-state index in [1.54, 1.807) is 0 Å². The highest BCUT2D eigenvalue weighted by Crippen LogP contribution is 2.53. The summed E-state index contributed by atoms with van der Waals surface area (Å²) in [4.78, 5) is 22.2. The Morgan fingerprint density at radius 1 is 0.675 bits per heavy atom. The third-order valence-electron chi connectivity index (χ3n) is 10.7. The second-order valence-electron chi connectivity index (χ2n) is 13.0. The molecule has 224 valence electrons. The summed E-state index contributed by atoms with van der Waals surface area (Å²) in [5.74, 6) is 3.36. The van der Waals surface area contributed by atoms with Crippen molar-refractivity contribution in [3.05, 3.63) is 25.3 Å². The summed E-state index contributed by atoms with van der Waals surface area (Å²) in [7, 11) is 0. The Kier molecular flexibility index (Phi) is 14.3. The highest BCUT2D eigenvalue weighted by Gasteiger charge is 2.44. The van der Waals surface area contributed by atoms with Crippen LogP contribution in [0.3, 0.4) is 0 Å². The Labute approximate surface area is 244 Å². The molecule has 40 heavy (non-hydrogen) atoms. The van der Waals surface area contributed by atoms with Gasteiger partial charge in [0, 0.05) is 12.2 Å². The summed E-state index contributed by atoms with van der Waals surface area (Å²) in [6.45, 7) is 7.88. The lowest BCUT2D eigenvalue weighted by Crippen LogP contribution is -2.38. The predicted molar refractivity (Wildman–Crippen MR) is 160 cm³/mol. The second-order valence-corrected chi connectivity index (χ2v) is 13.0. The van der Waals surface area contributed by atoms with E-state index in [1.165, 1.54) is 102 Å². The van der Waals surface area contributed by atoms with Crippen LogP contribution in [0.1, 0.15) is 128 Å². The van der Waals surface area contributed by atoms with E-state index in [1.807, 2.05) is 0 Å². The average molecular weight is 554 g/mol. The van der Waals surface area contributed by atoms with E-state index < -0.39 is 0 Å². The number of nitrogens with zero attached hydrogens (tertiary/aromatic N) is 1. The molecule has 0 radical (unpaired) electrons. The minimum absolute atomic E-state index is 0.0618. The van der Waals surface area contributed by atoms with Gasteiger partial charge in [-0.2, -0.15) is 5.26 Å². The van der Waals surface area contributed by atoms with Gasteiger partial charge in [-0.25, -0.2) is 9.59 Å². The fraction of sp³-hybridized carbons (Fsp3) is 0.800. The molecule has 0 aromatic heterocycles. The van der Waals surface area contributed by atoms with E-state index in [0.29, 0.717) is 19.1 Å². The molecule has 0 unspecified atom stereocenters. The number of rotatable bonds is 16.